The molecule has 0 bridgehead atoms. The van der Waals surface area contributed by atoms with Crippen LogP contribution in [0.4, 0.5) is 0 Å². The fourth-order valence-corrected chi connectivity index (χ4v) is 2.66. The van der Waals surface area contributed by atoms with E-state index in [2.05, 4.69) is 4.57 Å². The molecule has 4 heteroatoms. The summed E-state index contributed by atoms with van der Waals surface area (Å²) in [6.07, 6.45) is 2.89. The van der Waals surface area contributed by atoms with Crippen LogP contribution in [-0.4, -0.2) is 25.1 Å². The Morgan fingerprint density at radius 2 is 1.86 bits per heavy atom. The Morgan fingerprint density at radius 3 is 2.59 bits per heavy atom. The second-order valence-corrected chi connectivity index (χ2v) is 5.03. The SMILES string of the molecule is COc1ccc(Cn2ccc3c(C=O)cccc32)cc1OC. The quantitative estimate of drug-likeness (QED) is 0.676. The number of methoxy groups -OCH3 is 2. The van der Waals surface area contributed by atoms with Gasteiger partial charge in [0.1, 0.15) is 0 Å². The van der Waals surface area contributed by atoms with Gasteiger partial charge in [-0.05, 0) is 29.8 Å². The van der Waals surface area contributed by atoms with Crippen LogP contribution in [0.25, 0.3) is 10.9 Å². The van der Waals surface area contributed by atoms with Gasteiger partial charge in [-0.2, -0.15) is 0 Å². The molecule has 0 amide bonds. The van der Waals surface area contributed by atoms with Gasteiger partial charge in [-0.15, -0.1) is 0 Å². The van der Waals surface area contributed by atoms with E-state index in [1.54, 1.807) is 14.2 Å². The fourth-order valence-electron chi connectivity index (χ4n) is 2.66. The summed E-state index contributed by atoms with van der Waals surface area (Å²) in [5, 5.41) is 0.970. The van der Waals surface area contributed by atoms with Crippen molar-refractivity contribution in [3.05, 3.63) is 59.8 Å². The number of carbonyl (C=O) groups excluding carboxylic acids is 1. The highest BCUT2D eigenvalue weighted by Crippen LogP contribution is 2.28. The predicted octanol–water partition coefficient (Wildman–Crippen LogP) is 3.52. The van der Waals surface area contributed by atoms with Crippen LogP contribution in [0.5, 0.6) is 11.5 Å². The minimum atomic E-state index is 0.701. The molecule has 2 aromatic carbocycles. The van der Waals surface area contributed by atoms with Crippen molar-refractivity contribution < 1.29 is 14.3 Å². The molecule has 0 N–H and O–H groups in total. The van der Waals surface area contributed by atoms with Gasteiger partial charge in [0.25, 0.3) is 0 Å². The van der Waals surface area contributed by atoms with E-state index in [4.69, 9.17) is 9.47 Å². The zero-order chi connectivity index (χ0) is 15.5. The lowest BCUT2D eigenvalue weighted by atomic mass is 10.1. The highest BCUT2D eigenvalue weighted by atomic mass is 16.5. The van der Waals surface area contributed by atoms with Crippen LogP contribution < -0.4 is 9.47 Å². The van der Waals surface area contributed by atoms with Crippen LogP contribution >= 0.6 is 0 Å². The van der Waals surface area contributed by atoms with Gasteiger partial charge in [0.05, 0.1) is 14.2 Å². The number of aldehydes is 1. The fraction of sp³-hybridized carbons (Fsp3) is 0.167. The van der Waals surface area contributed by atoms with Crippen molar-refractivity contribution in [1.29, 1.82) is 0 Å². The molecule has 3 rings (SSSR count). The number of ether oxygens (including phenoxy) is 2. The van der Waals surface area contributed by atoms with Gasteiger partial charge in [0.15, 0.2) is 17.8 Å². The maximum Gasteiger partial charge on any atom is 0.161 e. The molecule has 0 spiro atoms. The zero-order valence-corrected chi connectivity index (χ0v) is 12.6. The van der Waals surface area contributed by atoms with Gasteiger partial charge in [0, 0.05) is 29.2 Å². The third kappa shape index (κ3) is 2.44. The number of hydrogen-bond donors (Lipinski definition) is 0. The van der Waals surface area contributed by atoms with Crippen molar-refractivity contribution in [3.63, 3.8) is 0 Å². The Kier molecular flexibility index (Phi) is 3.83. The molecular formula is C18H17NO3. The first-order valence-corrected chi connectivity index (χ1v) is 7.00. The molecule has 1 aromatic heterocycles. The Balaban J connectivity index is 1.98. The minimum Gasteiger partial charge on any atom is -0.493 e. The molecule has 0 aliphatic rings. The van der Waals surface area contributed by atoms with Gasteiger partial charge < -0.3 is 14.0 Å². The molecule has 1 heterocycles. The van der Waals surface area contributed by atoms with Crippen LogP contribution in [0.1, 0.15) is 15.9 Å². The third-order valence-corrected chi connectivity index (χ3v) is 3.78. The molecule has 22 heavy (non-hydrogen) atoms. The number of rotatable bonds is 5. The van der Waals surface area contributed by atoms with Gasteiger partial charge in [-0.1, -0.05) is 18.2 Å². The highest BCUT2D eigenvalue weighted by Gasteiger charge is 2.08. The molecule has 4 nitrogen and oxygen atoms in total. The van der Waals surface area contributed by atoms with Gasteiger partial charge in [0.2, 0.25) is 0 Å². The average molecular weight is 295 g/mol. The van der Waals surface area contributed by atoms with Crippen LogP contribution in [-0.2, 0) is 6.54 Å². The standard InChI is InChI=1S/C18H17NO3/c1-21-17-7-6-13(10-18(17)22-2)11-19-9-8-15-14(12-20)4-3-5-16(15)19/h3-10,12H,11H2,1-2H3. The largest absolute Gasteiger partial charge is 0.493 e. The van der Waals surface area contributed by atoms with Crippen LogP contribution in [0, 0.1) is 0 Å². The summed E-state index contributed by atoms with van der Waals surface area (Å²) in [6.45, 7) is 0.701. The highest BCUT2D eigenvalue weighted by molar-refractivity contribution is 5.97. The van der Waals surface area contributed by atoms with E-state index in [1.807, 2.05) is 48.7 Å². The van der Waals surface area contributed by atoms with E-state index >= 15 is 0 Å². The lowest BCUT2D eigenvalue weighted by Crippen LogP contribution is -1.99. The van der Waals surface area contributed by atoms with E-state index in [0.717, 1.165) is 22.8 Å². The molecule has 0 radical (unpaired) electrons. The molecule has 0 atom stereocenters. The third-order valence-electron chi connectivity index (χ3n) is 3.78. The zero-order valence-electron chi connectivity index (χ0n) is 12.6. The number of benzene rings is 2. The monoisotopic (exact) mass is 295 g/mol. The summed E-state index contributed by atoms with van der Waals surface area (Å²) in [5.74, 6) is 1.43. The number of nitrogens with zero attached hydrogens (tertiary/aromatic N) is 1. The molecule has 3 aromatic rings. The summed E-state index contributed by atoms with van der Waals surface area (Å²) in [7, 11) is 3.25. The lowest BCUT2D eigenvalue weighted by molar-refractivity contribution is 0.112. The Morgan fingerprint density at radius 1 is 1.05 bits per heavy atom. The summed E-state index contributed by atoms with van der Waals surface area (Å²) in [6, 6.07) is 13.6. The molecule has 0 aliphatic heterocycles. The molecule has 0 saturated heterocycles. The first kappa shape index (κ1) is 14.2. The van der Waals surface area contributed by atoms with Gasteiger partial charge in [-0.3, -0.25) is 4.79 Å². The lowest BCUT2D eigenvalue weighted by Gasteiger charge is -2.11. The first-order valence-electron chi connectivity index (χ1n) is 7.00. The first-order chi connectivity index (χ1) is 10.8. The molecule has 0 aliphatic carbocycles. The van der Waals surface area contributed by atoms with Crippen molar-refractivity contribution in [1.82, 2.24) is 4.57 Å². The van der Waals surface area contributed by atoms with Crippen molar-refractivity contribution in [2.24, 2.45) is 0 Å². The van der Waals surface area contributed by atoms with Crippen molar-refractivity contribution >= 4 is 17.2 Å². The average Bonchev–Trinajstić information content (AvgIpc) is 2.97. The molecule has 0 saturated carbocycles. The summed E-state index contributed by atoms with van der Waals surface area (Å²) < 4.78 is 12.7. The van der Waals surface area contributed by atoms with E-state index in [0.29, 0.717) is 23.6 Å². The Labute approximate surface area is 128 Å². The van der Waals surface area contributed by atoms with E-state index < -0.39 is 0 Å². The van der Waals surface area contributed by atoms with Crippen molar-refractivity contribution in [2.45, 2.75) is 6.54 Å². The Hall–Kier alpha value is -2.75. The van der Waals surface area contributed by atoms with E-state index in [-0.39, 0.29) is 0 Å². The minimum absolute atomic E-state index is 0.701. The maximum absolute atomic E-state index is 11.1. The molecule has 0 unspecified atom stereocenters. The van der Waals surface area contributed by atoms with Gasteiger partial charge in [-0.25, -0.2) is 0 Å². The van der Waals surface area contributed by atoms with Crippen LogP contribution in [0.2, 0.25) is 0 Å². The predicted molar refractivity (Wildman–Crippen MR) is 86.0 cm³/mol. The second-order valence-electron chi connectivity index (χ2n) is 5.03. The van der Waals surface area contributed by atoms with Crippen LogP contribution in [0.3, 0.4) is 0 Å². The number of carbonyl (C=O) groups is 1. The maximum atomic E-state index is 11.1. The number of aromatic nitrogens is 1. The number of hydrogen-bond acceptors (Lipinski definition) is 3. The van der Waals surface area contributed by atoms with E-state index in [9.17, 15) is 4.79 Å². The smallest absolute Gasteiger partial charge is 0.161 e. The molecule has 112 valence electrons. The summed E-state index contributed by atoms with van der Waals surface area (Å²) >= 11 is 0. The number of fused-ring (bicyclic) bond motifs is 1. The molecule has 0 fully saturated rings. The molecular weight excluding hydrogens is 278 g/mol. The van der Waals surface area contributed by atoms with Gasteiger partial charge >= 0.3 is 0 Å². The summed E-state index contributed by atoms with van der Waals surface area (Å²) in [4.78, 5) is 11.1. The van der Waals surface area contributed by atoms with E-state index in [1.165, 1.54) is 0 Å². The van der Waals surface area contributed by atoms with Crippen molar-refractivity contribution in [2.75, 3.05) is 14.2 Å². The topological polar surface area (TPSA) is 40.5 Å². The van der Waals surface area contributed by atoms with Crippen LogP contribution in [0.15, 0.2) is 48.7 Å². The normalized spacial score (nSPS) is 10.6. The Bertz CT molecular complexity index is 820. The second kappa shape index (κ2) is 5.93. The summed E-state index contributed by atoms with van der Waals surface area (Å²) in [5.41, 5.74) is 2.86. The van der Waals surface area contributed by atoms with Crippen molar-refractivity contribution in [3.8, 4) is 11.5 Å².